The van der Waals surface area contributed by atoms with Crippen LogP contribution in [0.5, 0.6) is 0 Å². The number of nitrogens with zero attached hydrogens (tertiary/aromatic N) is 1. The molecule has 0 aliphatic carbocycles. The molecule has 0 fully saturated rings. The van der Waals surface area contributed by atoms with Crippen molar-refractivity contribution >= 4 is 5.78 Å². The van der Waals surface area contributed by atoms with E-state index in [1.54, 1.807) is 6.07 Å². The SMILES string of the molecule is C=C(C#N)C(=O)c1cc(=O)[nH]o1. The first kappa shape index (κ1) is 8.01. The largest absolute Gasteiger partial charge is 0.375 e. The number of aromatic nitrogens is 1. The summed E-state index contributed by atoms with van der Waals surface area (Å²) >= 11 is 0. The molecule has 1 heterocycles. The number of hydrogen-bond acceptors (Lipinski definition) is 4. The van der Waals surface area contributed by atoms with Gasteiger partial charge in [-0.25, -0.2) is 0 Å². The number of H-pyrrole nitrogens is 1. The fourth-order valence-corrected chi connectivity index (χ4v) is 0.595. The maximum absolute atomic E-state index is 11.0. The Morgan fingerprint density at radius 1 is 1.75 bits per heavy atom. The Morgan fingerprint density at radius 2 is 2.42 bits per heavy atom. The molecule has 0 spiro atoms. The molecule has 0 bridgehead atoms. The van der Waals surface area contributed by atoms with Gasteiger partial charge in [-0.15, -0.1) is 0 Å². The first-order valence-corrected chi connectivity index (χ1v) is 2.97. The zero-order valence-corrected chi connectivity index (χ0v) is 5.96. The number of Topliss-reactive ketones (excluding diaryl/α,β-unsaturated/α-hetero) is 1. The Kier molecular flexibility index (Phi) is 1.92. The van der Waals surface area contributed by atoms with Crippen LogP contribution in [0.2, 0.25) is 0 Å². The molecule has 0 saturated carbocycles. The van der Waals surface area contributed by atoms with Gasteiger partial charge in [-0.2, -0.15) is 10.4 Å². The van der Waals surface area contributed by atoms with Crippen LogP contribution in [0.3, 0.4) is 0 Å². The molecule has 0 unspecified atom stereocenters. The average molecular weight is 164 g/mol. The van der Waals surface area contributed by atoms with Crippen LogP contribution in [-0.4, -0.2) is 10.9 Å². The van der Waals surface area contributed by atoms with Crippen LogP contribution in [0.1, 0.15) is 10.6 Å². The Labute approximate surface area is 66.9 Å². The number of nitriles is 1. The van der Waals surface area contributed by atoms with Crippen molar-refractivity contribution in [3.05, 3.63) is 34.3 Å². The highest BCUT2D eigenvalue weighted by Gasteiger charge is 2.13. The highest BCUT2D eigenvalue weighted by Crippen LogP contribution is 2.01. The lowest BCUT2D eigenvalue weighted by Crippen LogP contribution is -1.99. The Morgan fingerprint density at radius 3 is 2.83 bits per heavy atom. The molecular weight excluding hydrogens is 160 g/mol. The summed E-state index contributed by atoms with van der Waals surface area (Å²) in [5.74, 6) is -0.887. The van der Waals surface area contributed by atoms with Gasteiger partial charge in [0.15, 0.2) is 0 Å². The second-order valence-electron chi connectivity index (χ2n) is 2.00. The van der Waals surface area contributed by atoms with E-state index in [1.165, 1.54) is 0 Å². The average Bonchev–Trinajstić information content (AvgIpc) is 2.49. The van der Waals surface area contributed by atoms with Crippen LogP contribution >= 0.6 is 0 Å². The molecule has 5 nitrogen and oxygen atoms in total. The number of carbonyl (C=O) groups excluding carboxylic acids is 1. The molecular formula is C7H4N2O3. The molecule has 1 aromatic heterocycles. The molecule has 0 aromatic carbocycles. The molecule has 1 rings (SSSR count). The summed E-state index contributed by atoms with van der Waals surface area (Å²) < 4.78 is 4.45. The van der Waals surface area contributed by atoms with Crippen molar-refractivity contribution in [3.63, 3.8) is 0 Å². The lowest BCUT2D eigenvalue weighted by Gasteiger charge is -1.86. The topological polar surface area (TPSA) is 86.9 Å². The molecule has 5 heteroatoms. The van der Waals surface area contributed by atoms with Crippen LogP contribution in [0.4, 0.5) is 0 Å². The number of allylic oxidation sites excluding steroid dienone is 1. The van der Waals surface area contributed by atoms with Crippen LogP contribution in [0.25, 0.3) is 0 Å². The summed E-state index contributed by atoms with van der Waals surface area (Å²) in [5, 5.41) is 10.2. The minimum absolute atomic E-state index is 0.202. The molecule has 1 N–H and O–H groups in total. The van der Waals surface area contributed by atoms with Gasteiger partial charge in [0.25, 0.3) is 5.56 Å². The number of aromatic amines is 1. The van der Waals surface area contributed by atoms with Crippen molar-refractivity contribution in [2.75, 3.05) is 0 Å². The maximum atomic E-state index is 11.0. The molecule has 0 radical (unpaired) electrons. The van der Waals surface area contributed by atoms with E-state index in [1.807, 2.05) is 5.16 Å². The first-order valence-electron chi connectivity index (χ1n) is 2.97. The van der Waals surface area contributed by atoms with E-state index >= 15 is 0 Å². The molecule has 0 saturated heterocycles. The smallest absolute Gasteiger partial charge is 0.280 e. The highest BCUT2D eigenvalue weighted by molar-refractivity contribution is 6.08. The molecule has 1 aromatic rings. The van der Waals surface area contributed by atoms with Crippen LogP contribution in [0, 0.1) is 11.3 Å². The van der Waals surface area contributed by atoms with Gasteiger partial charge in [-0.3, -0.25) is 9.59 Å². The number of rotatable bonds is 2. The molecule has 0 aliphatic rings. The van der Waals surface area contributed by atoms with E-state index in [4.69, 9.17) is 5.26 Å². The summed E-state index contributed by atoms with van der Waals surface area (Å²) in [4.78, 5) is 21.5. The van der Waals surface area contributed by atoms with Gasteiger partial charge in [0.05, 0.1) is 11.6 Å². The van der Waals surface area contributed by atoms with Gasteiger partial charge in [-0.1, -0.05) is 6.58 Å². The summed E-state index contributed by atoms with van der Waals surface area (Å²) in [6.45, 7) is 3.17. The van der Waals surface area contributed by atoms with E-state index < -0.39 is 11.3 Å². The number of ketones is 1. The number of hydrogen-bond donors (Lipinski definition) is 1. The van der Waals surface area contributed by atoms with Gasteiger partial charge in [0.2, 0.25) is 11.5 Å². The minimum atomic E-state index is -0.684. The second-order valence-corrected chi connectivity index (χ2v) is 2.00. The molecule has 12 heavy (non-hydrogen) atoms. The molecule has 0 atom stereocenters. The lowest BCUT2D eigenvalue weighted by atomic mass is 10.2. The van der Waals surface area contributed by atoms with Crippen LogP contribution < -0.4 is 5.56 Å². The number of carbonyl (C=O) groups is 1. The standard InChI is InChI=1S/C7H4N2O3/c1-4(3-8)7(11)5-2-6(10)9-12-5/h2H,1H2,(H,9,10). The van der Waals surface area contributed by atoms with E-state index in [0.29, 0.717) is 0 Å². The molecule has 60 valence electrons. The second kappa shape index (κ2) is 2.88. The van der Waals surface area contributed by atoms with E-state index in [9.17, 15) is 9.59 Å². The Hall–Kier alpha value is -2.09. The van der Waals surface area contributed by atoms with Crippen molar-refractivity contribution < 1.29 is 9.32 Å². The van der Waals surface area contributed by atoms with E-state index in [0.717, 1.165) is 6.07 Å². The van der Waals surface area contributed by atoms with E-state index in [-0.39, 0.29) is 11.3 Å². The Bertz CT molecular complexity index is 418. The summed E-state index contributed by atoms with van der Waals surface area (Å²) in [5.41, 5.74) is -0.790. The summed E-state index contributed by atoms with van der Waals surface area (Å²) in [7, 11) is 0. The third kappa shape index (κ3) is 1.32. The van der Waals surface area contributed by atoms with Gasteiger partial charge in [0.1, 0.15) is 6.07 Å². The monoisotopic (exact) mass is 164 g/mol. The van der Waals surface area contributed by atoms with Crippen molar-refractivity contribution in [1.82, 2.24) is 5.16 Å². The minimum Gasteiger partial charge on any atom is -0.375 e. The normalized spacial score (nSPS) is 8.92. The van der Waals surface area contributed by atoms with Gasteiger partial charge >= 0.3 is 0 Å². The fourth-order valence-electron chi connectivity index (χ4n) is 0.595. The van der Waals surface area contributed by atoms with E-state index in [2.05, 4.69) is 11.1 Å². The summed E-state index contributed by atoms with van der Waals surface area (Å²) in [6, 6.07) is 2.52. The third-order valence-electron chi connectivity index (χ3n) is 1.16. The van der Waals surface area contributed by atoms with Gasteiger partial charge in [0, 0.05) is 0 Å². The predicted molar refractivity (Wildman–Crippen MR) is 38.4 cm³/mol. The van der Waals surface area contributed by atoms with Crippen molar-refractivity contribution in [3.8, 4) is 6.07 Å². The highest BCUT2D eigenvalue weighted by atomic mass is 16.5. The van der Waals surface area contributed by atoms with Gasteiger partial charge < -0.3 is 4.52 Å². The first-order chi connectivity index (χ1) is 5.65. The Balaban J connectivity index is 3.02. The molecule has 0 amide bonds. The zero-order valence-electron chi connectivity index (χ0n) is 5.96. The van der Waals surface area contributed by atoms with Crippen LogP contribution in [0.15, 0.2) is 27.5 Å². The van der Waals surface area contributed by atoms with Crippen molar-refractivity contribution in [1.29, 1.82) is 5.26 Å². The maximum Gasteiger partial charge on any atom is 0.280 e. The van der Waals surface area contributed by atoms with Crippen molar-refractivity contribution in [2.45, 2.75) is 0 Å². The lowest BCUT2D eigenvalue weighted by molar-refractivity contribution is 0.100. The zero-order chi connectivity index (χ0) is 9.14. The predicted octanol–water partition coefficient (Wildman–Crippen LogP) is 0.230. The quantitative estimate of drug-likeness (QED) is 0.385. The van der Waals surface area contributed by atoms with Crippen LogP contribution in [-0.2, 0) is 0 Å². The number of nitrogens with one attached hydrogen (secondary N) is 1. The third-order valence-corrected chi connectivity index (χ3v) is 1.16. The fraction of sp³-hybridized carbons (Fsp3) is 0. The summed E-state index contributed by atoms with van der Waals surface area (Å²) in [6.07, 6.45) is 0. The molecule has 0 aliphatic heterocycles. The van der Waals surface area contributed by atoms with Crippen molar-refractivity contribution in [2.24, 2.45) is 0 Å². The van der Waals surface area contributed by atoms with Gasteiger partial charge in [-0.05, 0) is 0 Å².